The van der Waals surface area contributed by atoms with E-state index in [4.69, 9.17) is 33.3 Å². The van der Waals surface area contributed by atoms with Gasteiger partial charge < -0.3 is 10.1 Å². The van der Waals surface area contributed by atoms with Gasteiger partial charge in [-0.3, -0.25) is 14.7 Å². The van der Waals surface area contributed by atoms with E-state index >= 15 is 0 Å². The highest BCUT2D eigenvalue weighted by Gasteiger charge is 2.22. The van der Waals surface area contributed by atoms with Crippen molar-refractivity contribution in [2.75, 3.05) is 5.32 Å². The molecule has 2 aromatic carbocycles. The van der Waals surface area contributed by atoms with Gasteiger partial charge in [0.1, 0.15) is 5.82 Å². The summed E-state index contributed by atoms with van der Waals surface area (Å²) in [5, 5.41) is 20.2. The fourth-order valence-electron chi connectivity index (χ4n) is 5.38. The molecular weight excluding hydrogens is 579 g/mol. The second-order valence-electron chi connectivity index (χ2n) is 10.1. The first-order valence-electron chi connectivity index (χ1n) is 13.5. The van der Waals surface area contributed by atoms with Gasteiger partial charge in [-0.2, -0.15) is 0 Å². The van der Waals surface area contributed by atoms with E-state index in [9.17, 15) is 9.59 Å². The number of nitrogens with zero attached hydrogens (tertiary/aromatic N) is 6. The number of hydrogen-bond donors (Lipinski definition) is 3. The quantitative estimate of drug-likeness (QED) is 0.216. The van der Waals surface area contributed by atoms with Crippen molar-refractivity contribution in [2.45, 2.75) is 44.6 Å². The Labute approximate surface area is 250 Å². The average Bonchev–Trinajstić information content (AvgIpc) is 3.62. The molecule has 3 N–H and O–H groups in total. The van der Waals surface area contributed by atoms with Crippen molar-refractivity contribution in [1.29, 1.82) is 0 Å². The number of carbonyl (C=O) groups is 1. The highest BCUT2D eigenvalue weighted by molar-refractivity contribution is 6.31. The second-order valence-corrected chi connectivity index (χ2v) is 10.9. The van der Waals surface area contributed by atoms with Crippen molar-refractivity contribution in [3.8, 4) is 28.2 Å². The van der Waals surface area contributed by atoms with Crippen LogP contribution in [0, 0.1) is 0 Å². The SMILES string of the molecule is O=C(O)Nc1ccc2c(c1)CCCCCC[C@H](n1cnc(-c3cc(Cl)ccc3-n3cc(Cl)nn3)cc1=O)c1nc-2c[nH]1. The fourth-order valence-corrected chi connectivity index (χ4v) is 5.68. The van der Waals surface area contributed by atoms with Crippen LogP contribution in [0.15, 0.2) is 66.0 Å². The fraction of sp³-hybridized carbons (Fsp3) is 0.241. The number of amides is 1. The molecule has 0 fully saturated rings. The number of anilines is 1. The zero-order valence-electron chi connectivity index (χ0n) is 22.3. The van der Waals surface area contributed by atoms with Gasteiger partial charge in [0.15, 0.2) is 5.15 Å². The zero-order chi connectivity index (χ0) is 29.2. The summed E-state index contributed by atoms with van der Waals surface area (Å²) in [6, 6.07) is 11.8. The third-order valence-electron chi connectivity index (χ3n) is 7.34. The first-order chi connectivity index (χ1) is 20.4. The van der Waals surface area contributed by atoms with Crippen LogP contribution in [0.2, 0.25) is 10.2 Å². The summed E-state index contributed by atoms with van der Waals surface area (Å²) in [6.45, 7) is 0. The molecule has 1 amide bonds. The molecule has 0 unspecified atom stereocenters. The lowest BCUT2D eigenvalue weighted by molar-refractivity contribution is 0.209. The minimum Gasteiger partial charge on any atom is -0.465 e. The normalized spacial score (nSPS) is 15.3. The van der Waals surface area contributed by atoms with Crippen LogP contribution in [0.3, 0.4) is 0 Å². The summed E-state index contributed by atoms with van der Waals surface area (Å²) in [7, 11) is 0. The number of H-pyrrole nitrogens is 1. The standard InChI is InChI=1S/C29H26Cl2N8O3/c30-18-7-10-24(39-15-26(31)36-37-39)21(12-18)22-13-27(40)38(16-33-22)25-6-4-2-1-3-5-17-11-19(34-29(41)42)8-9-20(17)23-14-32-28(25)35-23/h7-16,25,34H,1-6H2,(H,32,35)(H,41,42)/t25-/m0/s1. The van der Waals surface area contributed by atoms with Crippen molar-refractivity contribution < 1.29 is 9.90 Å². The van der Waals surface area contributed by atoms with Crippen LogP contribution in [0.4, 0.5) is 10.5 Å². The van der Waals surface area contributed by atoms with Crippen molar-refractivity contribution in [2.24, 2.45) is 0 Å². The molecule has 0 aliphatic carbocycles. The van der Waals surface area contributed by atoms with Crippen molar-refractivity contribution >= 4 is 35.0 Å². The minimum absolute atomic E-state index is 0.234. The van der Waals surface area contributed by atoms with Gasteiger partial charge in [-0.25, -0.2) is 19.4 Å². The average molecular weight is 605 g/mol. The van der Waals surface area contributed by atoms with Gasteiger partial charge in [0.25, 0.3) is 5.56 Å². The van der Waals surface area contributed by atoms with E-state index in [0.717, 1.165) is 48.9 Å². The Kier molecular flexibility index (Phi) is 7.77. The van der Waals surface area contributed by atoms with Crippen LogP contribution in [0.5, 0.6) is 0 Å². The highest BCUT2D eigenvalue weighted by Crippen LogP contribution is 2.32. The van der Waals surface area contributed by atoms with Gasteiger partial charge >= 0.3 is 6.09 Å². The van der Waals surface area contributed by atoms with Crippen molar-refractivity contribution in [3.05, 3.63) is 93.1 Å². The number of nitrogens with one attached hydrogen (secondary N) is 2. The first-order valence-corrected chi connectivity index (χ1v) is 14.3. The molecule has 2 bridgehead atoms. The van der Waals surface area contributed by atoms with Crippen LogP contribution < -0.4 is 10.9 Å². The Morgan fingerprint density at radius 2 is 1.88 bits per heavy atom. The number of hydrogen-bond acceptors (Lipinski definition) is 6. The second kappa shape index (κ2) is 11.8. The minimum atomic E-state index is -1.10. The Bertz CT molecular complexity index is 1830. The molecule has 1 atom stereocenters. The predicted molar refractivity (Wildman–Crippen MR) is 159 cm³/mol. The van der Waals surface area contributed by atoms with Gasteiger partial charge in [-0.05, 0) is 55.2 Å². The van der Waals surface area contributed by atoms with E-state index in [1.807, 2.05) is 18.3 Å². The van der Waals surface area contributed by atoms with Crippen LogP contribution in [-0.2, 0) is 6.42 Å². The number of imidazole rings is 1. The number of aromatic nitrogens is 7. The maximum Gasteiger partial charge on any atom is 0.409 e. The van der Waals surface area contributed by atoms with Crippen LogP contribution in [-0.4, -0.2) is 45.7 Å². The molecule has 42 heavy (non-hydrogen) atoms. The van der Waals surface area contributed by atoms with Crippen LogP contribution in [0.1, 0.15) is 49.5 Å². The predicted octanol–water partition coefficient (Wildman–Crippen LogP) is 6.37. The molecule has 0 saturated carbocycles. The van der Waals surface area contributed by atoms with Crippen molar-refractivity contribution in [3.63, 3.8) is 0 Å². The molecule has 1 aliphatic rings. The number of rotatable bonds is 4. The molecule has 6 rings (SSSR count). The molecule has 0 radical (unpaired) electrons. The Hall–Kier alpha value is -4.48. The third-order valence-corrected chi connectivity index (χ3v) is 7.75. The molecule has 1 aliphatic heterocycles. The summed E-state index contributed by atoms with van der Waals surface area (Å²) in [5.74, 6) is 0.654. The van der Waals surface area contributed by atoms with Gasteiger partial charge in [-0.15, -0.1) is 5.10 Å². The molecule has 0 spiro atoms. The van der Waals surface area contributed by atoms with E-state index in [-0.39, 0.29) is 16.8 Å². The number of carboxylic acid groups (broad SMARTS) is 1. The molecule has 11 nitrogen and oxygen atoms in total. The molecule has 0 saturated heterocycles. The summed E-state index contributed by atoms with van der Waals surface area (Å²) < 4.78 is 3.12. The van der Waals surface area contributed by atoms with E-state index < -0.39 is 6.09 Å². The molecule has 214 valence electrons. The van der Waals surface area contributed by atoms with Gasteiger partial charge in [0.05, 0.1) is 35.6 Å². The number of fused-ring (bicyclic) bond motifs is 4. The van der Waals surface area contributed by atoms with E-state index in [1.54, 1.807) is 41.4 Å². The summed E-state index contributed by atoms with van der Waals surface area (Å²) >= 11 is 12.3. The smallest absolute Gasteiger partial charge is 0.409 e. The van der Waals surface area contributed by atoms with E-state index in [0.29, 0.717) is 39.9 Å². The third kappa shape index (κ3) is 5.79. The molecule has 4 heterocycles. The van der Waals surface area contributed by atoms with E-state index in [2.05, 4.69) is 25.6 Å². The van der Waals surface area contributed by atoms with Crippen molar-refractivity contribution in [1.82, 2.24) is 34.5 Å². The molecular formula is C29H26Cl2N8O3. The lowest BCUT2D eigenvalue weighted by Gasteiger charge is -2.19. The highest BCUT2D eigenvalue weighted by atomic mass is 35.5. The Morgan fingerprint density at radius 1 is 1.02 bits per heavy atom. The van der Waals surface area contributed by atoms with Gasteiger partial charge in [0.2, 0.25) is 0 Å². The number of aromatic amines is 1. The zero-order valence-corrected chi connectivity index (χ0v) is 23.8. The lowest BCUT2D eigenvalue weighted by atomic mass is 9.97. The van der Waals surface area contributed by atoms with E-state index in [1.165, 1.54) is 10.7 Å². The van der Waals surface area contributed by atoms with Gasteiger partial charge in [0, 0.05) is 34.1 Å². The number of aryl methyl sites for hydroxylation is 1. The monoisotopic (exact) mass is 604 g/mol. The van der Waals surface area contributed by atoms with Gasteiger partial charge in [-0.1, -0.05) is 53.7 Å². The first kappa shape index (κ1) is 27.7. The Balaban J connectivity index is 1.37. The Morgan fingerprint density at radius 3 is 2.67 bits per heavy atom. The topological polar surface area (TPSA) is 144 Å². The maximum absolute atomic E-state index is 13.6. The summed E-state index contributed by atoms with van der Waals surface area (Å²) in [6.07, 6.45) is 9.22. The molecule has 5 aromatic rings. The van der Waals surface area contributed by atoms with Crippen LogP contribution >= 0.6 is 23.2 Å². The number of benzene rings is 2. The summed E-state index contributed by atoms with van der Waals surface area (Å²) in [5.41, 5.74) is 4.65. The lowest BCUT2D eigenvalue weighted by Crippen LogP contribution is -2.26. The van der Waals surface area contributed by atoms with Crippen LogP contribution in [0.25, 0.3) is 28.2 Å². The molecule has 3 aromatic heterocycles. The summed E-state index contributed by atoms with van der Waals surface area (Å²) in [4.78, 5) is 37.6. The largest absolute Gasteiger partial charge is 0.465 e. The number of halogens is 2. The maximum atomic E-state index is 13.6. The molecule has 13 heteroatoms.